The molecule has 0 aromatic carbocycles. The molecule has 0 bridgehead atoms. The van der Waals surface area contributed by atoms with Crippen LogP contribution in [0.15, 0.2) is 22.1 Å². The van der Waals surface area contributed by atoms with Crippen LogP contribution in [0.2, 0.25) is 0 Å². The average molecular weight is 541 g/mol. The fourth-order valence-corrected chi connectivity index (χ4v) is 5.94. The molecule has 3 aromatic heterocycles. The van der Waals surface area contributed by atoms with E-state index in [-0.39, 0.29) is 5.25 Å². The van der Waals surface area contributed by atoms with Gasteiger partial charge in [0.15, 0.2) is 0 Å². The summed E-state index contributed by atoms with van der Waals surface area (Å²) in [6.45, 7) is 6.82. The Bertz CT molecular complexity index is 1120. The number of thiophene rings is 1. The van der Waals surface area contributed by atoms with Gasteiger partial charge in [-0.2, -0.15) is 0 Å². The molecule has 2 aliphatic rings. The van der Waals surface area contributed by atoms with Crippen molar-refractivity contribution < 1.29 is 13.7 Å². The lowest BCUT2D eigenvalue weighted by atomic mass is 10.2. The zero-order valence-corrected chi connectivity index (χ0v) is 21.5. The third-order valence-electron chi connectivity index (χ3n) is 5.01. The fraction of sp³-hybridized carbons (Fsp3) is 0.476. The second kappa shape index (κ2) is 10.4. The Kier molecular flexibility index (Phi) is 7.59. The highest BCUT2D eigenvalue weighted by Gasteiger charge is 2.29. The molecule has 8 nitrogen and oxygen atoms in total. The molecular weight excluding hydrogens is 514 g/mol. The molecule has 1 N–H and O–H groups in total. The second-order valence-electron chi connectivity index (χ2n) is 7.11. The maximum absolute atomic E-state index is 12.4. The predicted octanol–water partition coefficient (Wildman–Crippen LogP) is 4.63. The van der Waals surface area contributed by atoms with Gasteiger partial charge in [0.25, 0.3) is 0 Å². The first-order valence-electron chi connectivity index (χ1n) is 10.6. The summed E-state index contributed by atoms with van der Waals surface area (Å²) in [5, 5.41) is 2.22. The van der Waals surface area contributed by atoms with Gasteiger partial charge in [-0.3, -0.25) is 0 Å². The number of ether oxygens (including phenoxy) is 2. The van der Waals surface area contributed by atoms with E-state index in [2.05, 4.69) is 30.5 Å². The quantitative estimate of drug-likeness (QED) is 0.488. The van der Waals surface area contributed by atoms with E-state index in [1.54, 1.807) is 24.6 Å². The highest BCUT2D eigenvalue weighted by Crippen LogP contribution is 2.39. The third-order valence-corrected chi connectivity index (χ3v) is 8.39. The number of fused-ring (bicyclic) bond motifs is 1. The minimum Gasteiger partial charge on any atom is -0.480 e. The van der Waals surface area contributed by atoms with Crippen LogP contribution in [0.5, 0.6) is 5.88 Å². The van der Waals surface area contributed by atoms with Crippen LogP contribution in [0.4, 0.5) is 11.6 Å². The Morgan fingerprint density at radius 2 is 2.03 bits per heavy atom. The van der Waals surface area contributed by atoms with Crippen molar-refractivity contribution in [2.45, 2.75) is 31.9 Å². The first-order chi connectivity index (χ1) is 15.6. The van der Waals surface area contributed by atoms with E-state index in [1.807, 2.05) is 25.3 Å². The van der Waals surface area contributed by atoms with Crippen LogP contribution < -0.4 is 14.4 Å². The Hall–Kier alpha value is -1.82. The van der Waals surface area contributed by atoms with Crippen LogP contribution in [0.1, 0.15) is 26.7 Å². The molecule has 1 atom stereocenters. The summed E-state index contributed by atoms with van der Waals surface area (Å²) >= 11 is 5.19. The Morgan fingerprint density at radius 3 is 2.72 bits per heavy atom. The number of anilines is 2. The minimum absolute atomic E-state index is 0.199. The lowest BCUT2D eigenvalue weighted by Crippen LogP contribution is -2.37. The summed E-state index contributed by atoms with van der Waals surface area (Å²) in [5.41, 5.74) is 3.10. The monoisotopic (exact) mass is 539 g/mol. The molecule has 1 saturated heterocycles. The van der Waals surface area contributed by atoms with E-state index in [4.69, 9.17) is 19.4 Å². The molecule has 1 saturated carbocycles. The SMILES string of the molecule is CC.COc1ncc(-c2nc(N3CCOCC3)nc3c(Br)csc23)cc1NS(=O)C1CC1. The molecule has 1 aliphatic heterocycles. The number of morpholine rings is 1. The smallest absolute Gasteiger partial charge is 0.238 e. The third kappa shape index (κ3) is 4.90. The second-order valence-corrected chi connectivity index (χ2v) is 10.3. The van der Waals surface area contributed by atoms with Gasteiger partial charge in [-0.1, -0.05) is 13.8 Å². The van der Waals surface area contributed by atoms with Crippen molar-refractivity contribution in [3.8, 4) is 17.1 Å². The number of hydrogen-bond donors (Lipinski definition) is 1. The number of nitrogens with one attached hydrogen (secondary N) is 1. The molecule has 1 aliphatic carbocycles. The fourth-order valence-electron chi connectivity index (χ4n) is 3.27. The van der Waals surface area contributed by atoms with Gasteiger partial charge in [0, 0.05) is 30.2 Å². The molecule has 0 radical (unpaired) electrons. The zero-order chi connectivity index (χ0) is 22.7. The predicted molar refractivity (Wildman–Crippen MR) is 134 cm³/mol. The lowest BCUT2D eigenvalue weighted by Gasteiger charge is -2.27. The van der Waals surface area contributed by atoms with Crippen molar-refractivity contribution in [3.63, 3.8) is 0 Å². The molecule has 2 fully saturated rings. The standard InChI is InChI=1S/C19H20BrN5O3S2.C2H6/c1-27-18-14(24-30(26)12-2-3-12)8-11(9-21-18)15-17-16(13(20)10-29-17)23-19(22-15)25-4-6-28-7-5-25;1-2/h8-10,12,24H,2-7H2,1H3;1-2H3. The van der Waals surface area contributed by atoms with E-state index < -0.39 is 11.0 Å². The van der Waals surface area contributed by atoms with Crippen molar-refractivity contribution in [3.05, 3.63) is 22.1 Å². The van der Waals surface area contributed by atoms with Crippen LogP contribution in [0.3, 0.4) is 0 Å². The molecule has 5 rings (SSSR count). The number of methoxy groups -OCH3 is 1. The van der Waals surface area contributed by atoms with E-state index in [0.29, 0.717) is 30.7 Å². The molecule has 11 heteroatoms. The first-order valence-corrected chi connectivity index (χ1v) is 13.5. The first kappa shape index (κ1) is 23.3. The summed E-state index contributed by atoms with van der Waals surface area (Å²) < 4.78 is 28.3. The molecule has 172 valence electrons. The summed E-state index contributed by atoms with van der Waals surface area (Å²) in [7, 11) is 0.409. The van der Waals surface area contributed by atoms with Gasteiger partial charge in [-0.15, -0.1) is 11.3 Å². The summed E-state index contributed by atoms with van der Waals surface area (Å²) in [5.74, 6) is 1.09. The van der Waals surface area contributed by atoms with Gasteiger partial charge in [0.05, 0.1) is 40.4 Å². The van der Waals surface area contributed by atoms with E-state index in [0.717, 1.165) is 51.9 Å². The highest BCUT2D eigenvalue weighted by atomic mass is 79.9. The van der Waals surface area contributed by atoms with Gasteiger partial charge >= 0.3 is 0 Å². The molecule has 0 amide bonds. The summed E-state index contributed by atoms with van der Waals surface area (Å²) in [4.78, 5) is 16.3. The van der Waals surface area contributed by atoms with Crippen LogP contribution in [0, 0.1) is 0 Å². The van der Waals surface area contributed by atoms with Gasteiger partial charge < -0.3 is 19.1 Å². The number of aromatic nitrogens is 3. The average Bonchev–Trinajstić information content (AvgIpc) is 3.64. The normalized spacial score (nSPS) is 16.9. The van der Waals surface area contributed by atoms with Crippen molar-refractivity contribution in [1.29, 1.82) is 0 Å². The Balaban J connectivity index is 0.00000119. The summed E-state index contributed by atoms with van der Waals surface area (Å²) in [6.07, 6.45) is 3.70. The molecule has 1 unspecified atom stereocenters. The minimum atomic E-state index is -1.15. The van der Waals surface area contributed by atoms with E-state index in [1.165, 1.54) is 0 Å². The summed E-state index contributed by atoms with van der Waals surface area (Å²) in [6, 6.07) is 1.91. The number of hydrogen-bond acceptors (Lipinski definition) is 8. The Labute approximate surface area is 202 Å². The number of pyridine rings is 1. The van der Waals surface area contributed by atoms with Crippen molar-refractivity contribution in [2.75, 3.05) is 43.0 Å². The zero-order valence-electron chi connectivity index (χ0n) is 18.3. The molecular formula is C21H26BrN5O3S2. The van der Waals surface area contributed by atoms with E-state index in [9.17, 15) is 4.21 Å². The lowest BCUT2D eigenvalue weighted by molar-refractivity contribution is 0.122. The van der Waals surface area contributed by atoms with Gasteiger partial charge in [-0.25, -0.2) is 19.2 Å². The van der Waals surface area contributed by atoms with Crippen LogP contribution >= 0.6 is 27.3 Å². The molecule has 4 heterocycles. The molecule has 3 aromatic rings. The van der Waals surface area contributed by atoms with Crippen molar-refractivity contribution in [1.82, 2.24) is 15.0 Å². The van der Waals surface area contributed by atoms with Crippen LogP contribution in [-0.2, 0) is 15.7 Å². The highest BCUT2D eigenvalue weighted by molar-refractivity contribution is 9.10. The number of nitrogens with zero attached hydrogens (tertiary/aromatic N) is 4. The van der Waals surface area contributed by atoms with Crippen LogP contribution in [0.25, 0.3) is 21.5 Å². The molecule has 0 spiro atoms. The maximum Gasteiger partial charge on any atom is 0.238 e. The Morgan fingerprint density at radius 1 is 1.28 bits per heavy atom. The number of halogens is 1. The topological polar surface area (TPSA) is 89.5 Å². The van der Waals surface area contributed by atoms with E-state index >= 15 is 0 Å². The molecule has 32 heavy (non-hydrogen) atoms. The largest absolute Gasteiger partial charge is 0.480 e. The van der Waals surface area contributed by atoms with Crippen molar-refractivity contribution >= 4 is 60.1 Å². The van der Waals surface area contributed by atoms with Crippen LogP contribution in [-0.4, -0.2) is 57.8 Å². The maximum atomic E-state index is 12.4. The van der Waals surface area contributed by atoms with Gasteiger partial charge in [0.1, 0.15) is 22.2 Å². The van der Waals surface area contributed by atoms with Crippen molar-refractivity contribution in [2.24, 2.45) is 0 Å². The number of rotatable bonds is 6. The van der Waals surface area contributed by atoms with Gasteiger partial charge in [0.2, 0.25) is 11.8 Å². The van der Waals surface area contributed by atoms with Gasteiger partial charge in [-0.05, 0) is 34.8 Å².